The predicted molar refractivity (Wildman–Crippen MR) is 52.5 cm³/mol. The third-order valence-corrected chi connectivity index (χ3v) is 2.77. The van der Waals surface area contributed by atoms with E-state index in [1.54, 1.807) is 0 Å². The molecule has 72 valence electrons. The lowest BCUT2D eigenvalue weighted by Gasteiger charge is -2.29. The van der Waals surface area contributed by atoms with Gasteiger partial charge in [-0.3, -0.25) is 4.90 Å². The van der Waals surface area contributed by atoms with E-state index in [0.29, 0.717) is 0 Å². The molecule has 0 saturated carbocycles. The molecule has 0 spiro atoms. The molecule has 2 nitrogen and oxygen atoms in total. The van der Waals surface area contributed by atoms with Gasteiger partial charge in [-0.2, -0.15) is 0 Å². The second kappa shape index (κ2) is 4.83. The first-order chi connectivity index (χ1) is 5.68. The Labute approximate surface area is 76.5 Å². The van der Waals surface area contributed by atoms with Crippen molar-refractivity contribution < 1.29 is 4.90 Å². The van der Waals surface area contributed by atoms with E-state index in [2.05, 4.69) is 25.8 Å². The number of likely N-dealkylation sites (N-methyl/N-ethyl adjacent to an activating group) is 1. The van der Waals surface area contributed by atoms with Crippen LogP contribution in [0.25, 0.3) is 0 Å². The highest BCUT2D eigenvalue weighted by Crippen LogP contribution is 1.95. The van der Waals surface area contributed by atoms with Gasteiger partial charge < -0.3 is 4.90 Å². The Morgan fingerprint density at radius 1 is 1.25 bits per heavy atom. The van der Waals surface area contributed by atoms with Crippen molar-refractivity contribution in [2.24, 2.45) is 5.92 Å². The Balaban J connectivity index is 2.09. The van der Waals surface area contributed by atoms with Gasteiger partial charge in [0.15, 0.2) is 0 Å². The third-order valence-electron chi connectivity index (χ3n) is 2.77. The normalized spacial score (nSPS) is 22.0. The lowest BCUT2D eigenvalue weighted by molar-refractivity contribution is -0.904. The van der Waals surface area contributed by atoms with Crippen LogP contribution in [0.1, 0.15) is 20.3 Å². The van der Waals surface area contributed by atoms with Crippen molar-refractivity contribution in [2.75, 3.05) is 39.8 Å². The van der Waals surface area contributed by atoms with Crippen LogP contribution in [-0.4, -0.2) is 44.7 Å². The Morgan fingerprint density at radius 2 is 1.83 bits per heavy atom. The topological polar surface area (TPSA) is 7.68 Å². The average Bonchev–Trinajstić information content (AvgIpc) is 2.03. The van der Waals surface area contributed by atoms with E-state index in [0.717, 1.165) is 5.92 Å². The summed E-state index contributed by atoms with van der Waals surface area (Å²) in [7, 11) is 2.22. The molecule has 0 aromatic heterocycles. The Kier molecular flexibility index (Phi) is 4.02. The number of rotatable bonds is 3. The molecule has 12 heavy (non-hydrogen) atoms. The number of piperazine rings is 1. The SMILES string of the molecule is CC(C)CC[NH+]1CCN(C)CC1. The highest BCUT2D eigenvalue weighted by molar-refractivity contribution is 4.54. The number of nitrogens with zero attached hydrogens (tertiary/aromatic N) is 1. The lowest BCUT2D eigenvalue weighted by atomic mass is 10.1. The minimum absolute atomic E-state index is 0.872. The van der Waals surface area contributed by atoms with Crippen molar-refractivity contribution in [1.29, 1.82) is 0 Å². The van der Waals surface area contributed by atoms with Crippen LogP contribution < -0.4 is 4.90 Å². The van der Waals surface area contributed by atoms with E-state index in [-0.39, 0.29) is 0 Å². The lowest BCUT2D eigenvalue weighted by Crippen LogP contribution is -3.14. The van der Waals surface area contributed by atoms with Gasteiger partial charge in [0.25, 0.3) is 0 Å². The largest absolute Gasteiger partial charge is 0.333 e. The fourth-order valence-electron chi connectivity index (χ4n) is 1.68. The van der Waals surface area contributed by atoms with Crippen LogP contribution in [0.3, 0.4) is 0 Å². The Hall–Kier alpha value is -0.0800. The zero-order valence-electron chi connectivity index (χ0n) is 8.77. The molecule has 0 aromatic rings. The fraction of sp³-hybridized carbons (Fsp3) is 1.00. The zero-order chi connectivity index (χ0) is 8.97. The molecule has 1 aliphatic heterocycles. The maximum absolute atomic E-state index is 2.43. The van der Waals surface area contributed by atoms with Crippen LogP contribution in [0, 0.1) is 5.92 Å². The maximum Gasteiger partial charge on any atom is 0.0900 e. The van der Waals surface area contributed by atoms with Gasteiger partial charge in [0, 0.05) is 13.1 Å². The van der Waals surface area contributed by atoms with Crippen molar-refractivity contribution in [1.82, 2.24) is 4.90 Å². The van der Waals surface area contributed by atoms with E-state index in [4.69, 9.17) is 0 Å². The van der Waals surface area contributed by atoms with Gasteiger partial charge in [-0.15, -0.1) is 0 Å². The summed E-state index contributed by atoms with van der Waals surface area (Å²) in [4.78, 5) is 4.24. The molecule has 1 heterocycles. The first kappa shape index (κ1) is 10.0. The average molecular weight is 171 g/mol. The van der Waals surface area contributed by atoms with Crippen molar-refractivity contribution in [3.05, 3.63) is 0 Å². The van der Waals surface area contributed by atoms with E-state index < -0.39 is 0 Å². The molecule has 0 radical (unpaired) electrons. The van der Waals surface area contributed by atoms with Gasteiger partial charge in [0.05, 0.1) is 19.6 Å². The zero-order valence-corrected chi connectivity index (χ0v) is 8.77. The second-order valence-electron chi connectivity index (χ2n) is 4.49. The third kappa shape index (κ3) is 3.55. The van der Waals surface area contributed by atoms with E-state index >= 15 is 0 Å². The smallest absolute Gasteiger partial charge is 0.0900 e. The first-order valence-electron chi connectivity index (χ1n) is 5.20. The minimum atomic E-state index is 0.872. The molecular formula is C10H23N2+. The summed E-state index contributed by atoms with van der Waals surface area (Å²) in [5.41, 5.74) is 0. The summed E-state index contributed by atoms with van der Waals surface area (Å²) in [6, 6.07) is 0. The van der Waals surface area contributed by atoms with E-state index in [9.17, 15) is 0 Å². The Morgan fingerprint density at radius 3 is 2.33 bits per heavy atom. The van der Waals surface area contributed by atoms with Gasteiger partial charge >= 0.3 is 0 Å². The van der Waals surface area contributed by atoms with Crippen molar-refractivity contribution in [2.45, 2.75) is 20.3 Å². The van der Waals surface area contributed by atoms with Crippen LogP contribution in [0.4, 0.5) is 0 Å². The molecule has 0 amide bonds. The molecule has 1 fully saturated rings. The predicted octanol–water partition coefficient (Wildman–Crippen LogP) is -0.137. The summed E-state index contributed by atoms with van der Waals surface area (Å²) in [5, 5.41) is 0. The molecular weight excluding hydrogens is 148 g/mol. The standard InChI is InChI=1S/C10H22N2/c1-10(2)4-5-12-8-6-11(3)7-9-12/h10H,4-9H2,1-3H3/p+1. The van der Waals surface area contributed by atoms with Crippen molar-refractivity contribution >= 4 is 0 Å². The highest BCUT2D eigenvalue weighted by atomic mass is 15.2. The first-order valence-corrected chi connectivity index (χ1v) is 5.20. The molecule has 0 bridgehead atoms. The molecule has 1 aliphatic rings. The van der Waals surface area contributed by atoms with Gasteiger partial charge in [-0.05, 0) is 19.4 Å². The fourth-order valence-corrected chi connectivity index (χ4v) is 1.68. The summed E-state index contributed by atoms with van der Waals surface area (Å²) < 4.78 is 0. The highest BCUT2D eigenvalue weighted by Gasteiger charge is 2.16. The molecule has 1 N–H and O–H groups in total. The molecule has 0 unspecified atom stereocenters. The van der Waals surface area contributed by atoms with Gasteiger partial charge in [0.2, 0.25) is 0 Å². The van der Waals surface area contributed by atoms with Crippen LogP contribution in [0.15, 0.2) is 0 Å². The van der Waals surface area contributed by atoms with Crippen LogP contribution in [0.5, 0.6) is 0 Å². The summed E-state index contributed by atoms with van der Waals surface area (Å²) in [6.45, 7) is 11.3. The second-order valence-corrected chi connectivity index (χ2v) is 4.49. The summed E-state index contributed by atoms with van der Waals surface area (Å²) in [5.74, 6) is 0.872. The molecule has 0 aliphatic carbocycles. The maximum atomic E-state index is 2.43. The number of quaternary nitrogens is 1. The van der Waals surface area contributed by atoms with E-state index in [1.807, 2.05) is 4.90 Å². The molecule has 1 rings (SSSR count). The van der Waals surface area contributed by atoms with Crippen molar-refractivity contribution in [3.8, 4) is 0 Å². The molecule has 2 heteroatoms. The number of hydrogen-bond donors (Lipinski definition) is 1. The van der Waals surface area contributed by atoms with Crippen molar-refractivity contribution in [3.63, 3.8) is 0 Å². The number of hydrogen-bond acceptors (Lipinski definition) is 1. The minimum Gasteiger partial charge on any atom is -0.333 e. The van der Waals surface area contributed by atoms with Crippen LogP contribution >= 0.6 is 0 Å². The monoisotopic (exact) mass is 171 g/mol. The van der Waals surface area contributed by atoms with Gasteiger partial charge in [-0.25, -0.2) is 0 Å². The molecule has 0 atom stereocenters. The van der Waals surface area contributed by atoms with Gasteiger partial charge in [0.1, 0.15) is 0 Å². The molecule has 0 aromatic carbocycles. The van der Waals surface area contributed by atoms with E-state index in [1.165, 1.54) is 39.1 Å². The number of nitrogens with one attached hydrogen (secondary N) is 1. The van der Waals surface area contributed by atoms with Crippen LogP contribution in [-0.2, 0) is 0 Å². The van der Waals surface area contributed by atoms with Gasteiger partial charge in [-0.1, -0.05) is 13.8 Å². The Bertz CT molecular complexity index is 115. The van der Waals surface area contributed by atoms with Crippen LogP contribution in [0.2, 0.25) is 0 Å². The summed E-state index contributed by atoms with van der Waals surface area (Å²) in [6.07, 6.45) is 1.39. The molecule has 1 saturated heterocycles. The quantitative estimate of drug-likeness (QED) is 0.621. The summed E-state index contributed by atoms with van der Waals surface area (Å²) >= 11 is 0.